The van der Waals surface area contributed by atoms with Crippen LogP contribution in [0.1, 0.15) is 309 Å². The zero-order chi connectivity index (χ0) is 63.3. The van der Waals surface area contributed by atoms with Gasteiger partial charge in [-0.05, 0) is 103 Å². The van der Waals surface area contributed by atoms with Crippen molar-refractivity contribution in [2.45, 2.75) is 322 Å². The van der Waals surface area contributed by atoms with Crippen molar-refractivity contribution in [3.63, 3.8) is 0 Å². The van der Waals surface area contributed by atoms with Crippen LogP contribution in [0.2, 0.25) is 0 Å². The fraction of sp³-hybridized carbons (Fsp3) is 0.731. The van der Waals surface area contributed by atoms with Gasteiger partial charge in [0.05, 0.1) is 40.3 Å². The number of unbranched alkanes of at least 4 members (excludes halogenated alkanes) is 33. The van der Waals surface area contributed by atoms with E-state index in [0.29, 0.717) is 17.4 Å². The smallest absolute Gasteiger partial charge is 0.306 e. The van der Waals surface area contributed by atoms with Gasteiger partial charge in [0.15, 0.2) is 12.4 Å². The summed E-state index contributed by atoms with van der Waals surface area (Å²) in [6, 6.07) is 0. The summed E-state index contributed by atoms with van der Waals surface area (Å²) in [6.45, 7) is 4.64. The Balaban J connectivity index is 4.15. The lowest BCUT2D eigenvalue weighted by atomic mass is 10.0. The molecule has 0 N–H and O–H groups in total. The van der Waals surface area contributed by atoms with E-state index in [9.17, 15) is 19.5 Å². The Kier molecular flexibility index (Phi) is 64.7. The minimum Gasteiger partial charge on any atom is -0.545 e. The van der Waals surface area contributed by atoms with Crippen molar-refractivity contribution >= 4 is 17.9 Å². The normalized spacial score (nSPS) is 13.3. The molecule has 9 heteroatoms. The van der Waals surface area contributed by atoms with Crippen LogP contribution in [0.25, 0.3) is 0 Å². The first kappa shape index (κ1) is 83.0. The lowest BCUT2D eigenvalue weighted by Crippen LogP contribution is -2.44. The second-order valence-electron chi connectivity index (χ2n) is 25.1. The number of ether oxygens (including phenoxy) is 4. The number of hydrogen-bond donors (Lipinski definition) is 0. The zero-order valence-electron chi connectivity index (χ0n) is 57.1. The quantitative estimate of drug-likeness (QED) is 0.0195. The molecule has 0 rings (SSSR count). The Morgan fingerprint density at radius 1 is 0.356 bits per heavy atom. The molecule has 0 spiro atoms. The number of esters is 2. The molecule has 0 aromatic carbocycles. The second-order valence-corrected chi connectivity index (χ2v) is 25.1. The van der Waals surface area contributed by atoms with Crippen LogP contribution in [0.4, 0.5) is 0 Å². The first-order valence-corrected chi connectivity index (χ1v) is 36.0. The number of rotatable bonds is 66. The number of hydrogen-bond acceptors (Lipinski definition) is 8. The predicted octanol–water partition coefficient (Wildman–Crippen LogP) is 21.2. The van der Waals surface area contributed by atoms with Crippen molar-refractivity contribution in [3.8, 4) is 0 Å². The molecule has 87 heavy (non-hydrogen) atoms. The third-order valence-electron chi connectivity index (χ3n) is 15.5. The van der Waals surface area contributed by atoms with Crippen molar-refractivity contribution in [2.75, 3.05) is 47.5 Å². The summed E-state index contributed by atoms with van der Waals surface area (Å²) in [4.78, 5) is 37.5. The molecule has 0 fully saturated rings. The van der Waals surface area contributed by atoms with Gasteiger partial charge < -0.3 is 33.3 Å². The number of carbonyl (C=O) groups is 3. The summed E-state index contributed by atoms with van der Waals surface area (Å²) in [5, 5.41) is 11.8. The Labute approximate surface area is 536 Å². The molecule has 500 valence electrons. The molecule has 0 aromatic rings. The molecule has 0 saturated carbocycles. The van der Waals surface area contributed by atoms with Crippen molar-refractivity contribution < 1.29 is 42.9 Å². The van der Waals surface area contributed by atoms with Crippen LogP contribution in [-0.2, 0) is 33.3 Å². The fourth-order valence-electron chi connectivity index (χ4n) is 10.0. The van der Waals surface area contributed by atoms with Crippen LogP contribution in [0, 0.1) is 0 Å². The van der Waals surface area contributed by atoms with E-state index < -0.39 is 24.3 Å². The number of allylic oxidation sites excluding steroid dienone is 18. The summed E-state index contributed by atoms with van der Waals surface area (Å²) < 4.78 is 22.8. The number of carboxylic acids is 1. The number of aliphatic carboxylic acids is 1. The maximum absolute atomic E-state index is 12.9. The first-order valence-electron chi connectivity index (χ1n) is 36.0. The minimum atomic E-state index is -1.63. The number of quaternary nitrogens is 1. The van der Waals surface area contributed by atoms with E-state index >= 15 is 0 Å². The van der Waals surface area contributed by atoms with Crippen LogP contribution in [0.5, 0.6) is 0 Å². The maximum atomic E-state index is 12.9. The summed E-state index contributed by atoms with van der Waals surface area (Å²) in [5.74, 6) is -2.30. The molecule has 9 nitrogen and oxygen atoms in total. The monoisotopic (exact) mass is 1210 g/mol. The van der Waals surface area contributed by atoms with Gasteiger partial charge in [0.25, 0.3) is 0 Å². The van der Waals surface area contributed by atoms with E-state index in [1.54, 1.807) is 0 Å². The van der Waals surface area contributed by atoms with Gasteiger partial charge in [-0.1, -0.05) is 303 Å². The van der Waals surface area contributed by atoms with Gasteiger partial charge in [-0.15, -0.1) is 0 Å². The van der Waals surface area contributed by atoms with Gasteiger partial charge in [0.1, 0.15) is 13.2 Å². The Morgan fingerprint density at radius 2 is 0.655 bits per heavy atom. The van der Waals surface area contributed by atoms with E-state index in [4.69, 9.17) is 18.9 Å². The van der Waals surface area contributed by atoms with Crippen LogP contribution in [0.3, 0.4) is 0 Å². The topological polar surface area (TPSA) is 111 Å². The van der Waals surface area contributed by atoms with Gasteiger partial charge in [0.2, 0.25) is 0 Å². The number of likely N-dealkylation sites (N-methyl/N-ethyl adjacent to an activating group) is 1. The zero-order valence-corrected chi connectivity index (χ0v) is 57.1. The highest BCUT2D eigenvalue weighted by atomic mass is 16.7. The van der Waals surface area contributed by atoms with Crippen molar-refractivity contribution in [3.05, 3.63) is 109 Å². The number of carboxylic acid groups (broad SMARTS) is 1. The highest BCUT2D eigenvalue weighted by molar-refractivity contribution is 5.70. The summed E-state index contributed by atoms with van der Waals surface area (Å²) >= 11 is 0. The molecule has 2 atom stereocenters. The van der Waals surface area contributed by atoms with E-state index in [2.05, 4.69) is 123 Å². The van der Waals surface area contributed by atoms with Crippen LogP contribution in [-0.4, -0.2) is 82.3 Å². The van der Waals surface area contributed by atoms with E-state index in [1.807, 2.05) is 21.1 Å². The Bertz CT molecular complexity index is 1800. The van der Waals surface area contributed by atoms with Crippen molar-refractivity contribution in [1.82, 2.24) is 0 Å². The first-order chi connectivity index (χ1) is 42.6. The van der Waals surface area contributed by atoms with Gasteiger partial charge in [0, 0.05) is 12.8 Å². The largest absolute Gasteiger partial charge is 0.545 e. The third-order valence-corrected chi connectivity index (χ3v) is 15.5. The standard InChI is InChI=1S/C78H135NO8/c1-6-8-10-12-14-16-18-20-22-24-26-28-30-32-34-36-38-40-42-44-46-48-50-52-54-56-58-60-62-64-66-68-75(80)85-72-74(73-86-78(77(82)83)84-71-70-79(3,4)5)87-76(81)69-67-65-63-61-59-57-55-53-51-49-47-45-43-41-39-37-35-33-31-29-27-25-23-21-19-17-15-13-11-9-7-2/h9,11,15,17,21,23-24,26-27,29,33,35,39,41,45,47,51,53,74,78H,6-8,10,12-14,16,18-20,22,25,28,30-32,34,36-38,40,42-44,46,48-50,52,54-73H2,1-5H3/b11-9-,17-15-,23-21-,26-24-,29-27-,35-33-,41-39-,47-45-,53-51-. The van der Waals surface area contributed by atoms with Crippen LogP contribution in [0.15, 0.2) is 109 Å². The van der Waals surface area contributed by atoms with Crippen molar-refractivity contribution in [1.29, 1.82) is 0 Å². The SMILES string of the molecule is CC/C=C\C/C=C\C/C=C\C/C=C\C/C=C\C/C=C\C/C=C\C/C=C\CCCCCCCCC(=O)OC(COC(=O)CCCCCCCCCCCCCCCCCCCCC/C=C\CCCCCCCCCC)COC(OCC[N+](C)(C)C)C(=O)[O-]. The molecule has 0 aliphatic rings. The van der Waals surface area contributed by atoms with Crippen LogP contribution < -0.4 is 5.11 Å². The molecule has 0 aliphatic carbocycles. The van der Waals surface area contributed by atoms with Gasteiger partial charge in [-0.3, -0.25) is 9.59 Å². The average Bonchev–Trinajstić information content (AvgIpc) is 3.56. The molecular weight excluding hydrogens is 1080 g/mol. The molecule has 0 saturated heterocycles. The summed E-state index contributed by atoms with van der Waals surface area (Å²) in [6.07, 6.45) is 91.8. The van der Waals surface area contributed by atoms with Gasteiger partial charge in [-0.25, -0.2) is 0 Å². The summed E-state index contributed by atoms with van der Waals surface area (Å²) in [5.41, 5.74) is 0. The highest BCUT2D eigenvalue weighted by Crippen LogP contribution is 2.17. The molecule has 0 aromatic heterocycles. The lowest BCUT2D eigenvalue weighted by Gasteiger charge is -2.26. The molecule has 0 aliphatic heterocycles. The fourth-order valence-corrected chi connectivity index (χ4v) is 10.0. The van der Waals surface area contributed by atoms with Gasteiger partial charge >= 0.3 is 11.9 Å². The summed E-state index contributed by atoms with van der Waals surface area (Å²) in [7, 11) is 5.92. The predicted molar refractivity (Wildman–Crippen MR) is 370 cm³/mol. The van der Waals surface area contributed by atoms with Crippen molar-refractivity contribution in [2.24, 2.45) is 0 Å². The lowest BCUT2D eigenvalue weighted by molar-refractivity contribution is -0.870. The minimum absolute atomic E-state index is 0.140. The second kappa shape index (κ2) is 67.9. The average molecular weight is 1210 g/mol. The number of carbonyl (C=O) groups excluding carboxylic acids is 3. The van der Waals surface area contributed by atoms with E-state index in [0.717, 1.165) is 109 Å². The number of nitrogens with zero attached hydrogens (tertiary/aromatic N) is 1. The maximum Gasteiger partial charge on any atom is 0.306 e. The molecule has 0 amide bonds. The molecular formula is C78H135NO8. The Morgan fingerprint density at radius 3 is 0.989 bits per heavy atom. The third kappa shape index (κ3) is 69.3. The molecule has 0 radical (unpaired) electrons. The van der Waals surface area contributed by atoms with E-state index in [-0.39, 0.29) is 38.6 Å². The van der Waals surface area contributed by atoms with Crippen LogP contribution >= 0.6 is 0 Å². The highest BCUT2D eigenvalue weighted by Gasteiger charge is 2.22. The molecule has 0 heterocycles. The van der Waals surface area contributed by atoms with Gasteiger partial charge in [-0.2, -0.15) is 0 Å². The molecule has 0 bridgehead atoms. The molecule has 2 unspecified atom stereocenters. The Hall–Kier alpha value is -4.05. The van der Waals surface area contributed by atoms with E-state index in [1.165, 1.54) is 167 Å².